The smallest absolute Gasteiger partial charge is 0.240 e. The number of nitrogens with two attached hydrogens (primary N) is 1. The highest BCUT2D eigenvalue weighted by molar-refractivity contribution is 7.99. The molecule has 0 heterocycles. The molecule has 0 unspecified atom stereocenters. The topological polar surface area (TPSA) is 89.3 Å². The number of carbonyl (C=O) groups excluding carboxylic acids is 1. The van der Waals surface area contributed by atoms with E-state index in [1.165, 1.54) is 0 Å². The molecule has 0 saturated carbocycles. The molecule has 122 valence electrons. The molecule has 0 saturated heterocycles. The minimum absolute atomic E-state index is 0.224. The third kappa shape index (κ3) is 5.70. The van der Waals surface area contributed by atoms with Crippen molar-refractivity contribution in [2.75, 3.05) is 12.3 Å². The van der Waals surface area contributed by atoms with Gasteiger partial charge in [0.15, 0.2) is 0 Å². The first-order chi connectivity index (χ1) is 11.0. The zero-order valence-electron chi connectivity index (χ0n) is 12.4. The van der Waals surface area contributed by atoms with Gasteiger partial charge in [0.05, 0.1) is 11.3 Å². The van der Waals surface area contributed by atoms with Gasteiger partial charge in [0.1, 0.15) is 0 Å². The summed E-state index contributed by atoms with van der Waals surface area (Å²) in [5, 5.41) is 0. The van der Waals surface area contributed by atoms with E-state index in [9.17, 15) is 13.2 Å². The van der Waals surface area contributed by atoms with Crippen molar-refractivity contribution in [3.8, 4) is 0 Å². The molecule has 23 heavy (non-hydrogen) atoms. The minimum Gasteiger partial charge on any atom is -0.369 e. The molecular formula is C16H18N2O3S2. The second kappa shape index (κ2) is 8.14. The quantitative estimate of drug-likeness (QED) is 0.561. The normalized spacial score (nSPS) is 11.3. The molecule has 3 N–H and O–H groups in total. The van der Waals surface area contributed by atoms with E-state index in [1.54, 1.807) is 42.1 Å². The first kappa shape index (κ1) is 17.5. The maximum Gasteiger partial charge on any atom is 0.240 e. The summed E-state index contributed by atoms with van der Waals surface area (Å²) < 4.78 is 26.6. The number of amides is 1. The molecule has 0 aromatic heterocycles. The van der Waals surface area contributed by atoms with Crippen LogP contribution in [0.2, 0.25) is 0 Å². The average Bonchev–Trinajstić information content (AvgIpc) is 2.53. The van der Waals surface area contributed by atoms with Crippen LogP contribution in [-0.4, -0.2) is 26.6 Å². The summed E-state index contributed by atoms with van der Waals surface area (Å²) in [5.41, 5.74) is 6.01. The Hall–Kier alpha value is -1.83. The molecule has 0 radical (unpaired) electrons. The van der Waals surface area contributed by atoms with Gasteiger partial charge < -0.3 is 5.73 Å². The first-order valence-corrected chi connectivity index (χ1v) is 9.49. The summed E-state index contributed by atoms with van der Waals surface area (Å²) >= 11 is 1.54. The lowest BCUT2D eigenvalue weighted by molar-refractivity contribution is -0.117. The lowest BCUT2D eigenvalue weighted by Crippen LogP contribution is -2.25. The van der Waals surface area contributed by atoms with Gasteiger partial charge >= 0.3 is 0 Å². The maximum atomic E-state index is 12.0. The molecule has 2 aromatic rings. The number of nitrogens with one attached hydrogen (secondary N) is 1. The van der Waals surface area contributed by atoms with E-state index in [0.29, 0.717) is 12.3 Å². The van der Waals surface area contributed by atoms with Crippen LogP contribution in [-0.2, 0) is 21.2 Å². The van der Waals surface area contributed by atoms with Gasteiger partial charge in [-0.2, -0.15) is 0 Å². The second-order valence-corrected chi connectivity index (χ2v) is 7.78. The fourth-order valence-electron chi connectivity index (χ4n) is 1.93. The molecule has 0 aliphatic heterocycles. The van der Waals surface area contributed by atoms with E-state index >= 15 is 0 Å². The van der Waals surface area contributed by atoms with Crippen LogP contribution in [0.3, 0.4) is 0 Å². The van der Waals surface area contributed by atoms with Gasteiger partial charge in [-0.3, -0.25) is 4.79 Å². The number of benzene rings is 2. The monoisotopic (exact) mass is 350 g/mol. The zero-order valence-corrected chi connectivity index (χ0v) is 14.1. The van der Waals surface area contributed by atoms with Crippen LogP contribution in [0.15, 0.2) is 64.4 Å². The van der Waals surface area contributed by atoms with Gasteiger partial charge in [-0.15, -0.1) is 11.8 Å². The van der Waals surface area contributed by atoms with Crippen LogP contribution in [0.4, 0.5) is 0 Å². The SMILES string of the molecule is NC(=O)Cc1ccc(SCCNS(=O)(=O)c2ccccc2)cc1. The third-order valence-electron chi connectivity index (χ3n) is 3.02. The Morgan fingerprint density at radius 2 is 1.70 bits per heavy atom. The standard InChI is InChI=1S/C16H18N2O3S2/c17-16(19)12-13-6-8-14(9-7-13)22-11-10-18-23(20,21)15-4-2-1-3-5-15/h1-9,18H,10-12H2,(H2,17,19). The highest BCUT2D eigenvalue weighted by atomic mass is 32.2. The van der Waals surface area contributed by atoms with Crippen molar-refractivity contribution in [2.45, 2.75) is 16.2 Å². The van der Waals surface area contributed by atoms with Crippen LogP contribution in [0.5, 0.6) is 0 Å². The molecule has 2 aromatic carbocycles. The molecule has 1 amide bonds. The van der Waals surface area contributed by atoms with Crippen LogP contribution >= 0.6 is 11.8 Å². The van der Waals surface area contributed by atoms with Gasteiger partial charge in [0, 0.05) is 17.2 Å². The molecule has 0 fully saturated rings. The average molecular weight is 350 g/mol. The number of hydrogen-bond donors (Lipinski definition) is 2. The number of sulfonamides is 1. The summed E-state index contributed by atoms with van der Waals surface area (Å²) in [6, 6.07) is 15.8. The van der Waals surface area contributed by atoms with E-state index in [1.807, 2.05) is 24.3 Å². The largest absolute Gasteiger partial charge is 0.369 e. The van der Waals surface area contributed by atoms with E-state index < -0.39 is 10.0 Å². The lowest BCUT2D eigenvalue weighted by Gasteiger charge is -2.07. The Labute approximate surface area is 140 Å². The third-order valence-corrected chi connectivity index (χ3v) is 5.51. The zero-order chi connectivity index (χ0) is 16.7. The van der Waals surface area contributed by atoms with Crippen LogP contribution in [0.1, 0.15) is 5.56 Å². The molecular weight excluding hydrogens is 332 g/mol. The summed E-state index contributed by atoms with van der Waals surface area (Å²) in [6.45, 7) is 0.338. The Morgan fingerprint density at radius 3 is 2.30 bits per heavy atom. The lowest BCUT2D eigenvalue weighted by atomic mass is 10.1. The Kier molecular flexibility index (Phi) is 6.20. The van der Waals surface area contributed by atoms with Crippen molar-refractivity contribution in [3.05, 3.63) is 60.2 Å². The van der Waals surface area contributed by atoms with Gasteiger partial charge in [0.25, 0.3) is 0 Å². The first-order valence-electron chi connectivity index (χ1n) is 7.02. The van der Waals surface area contributed by atoms with E-state index in [2.05, 4.69) is 4.72 Å². The van der Waals surface area contributed by atoms with Crippen LogP contribution < -0.4 is 10.5 Å². The number of carbonyl (C=O) groups is 1. The van der Waals surface area contributed by atoms with Crippen molar-refractivity contribution in [1.82, 2.24) is 4.72 Å². The van der Waals surface area contributed by atoms with Crippen molar-refractivity contribution in [1.29, 1.82) is 0 Å². The van der Waals surface area contributed by atoms with Crippen molar-refractivity contribution < 1.29 is 13.2 Å². The predicted molar refractivity (Wildman–Crippen MR) is 91.7 cm³/mol. The van der Waals surface area contributed by atoms with Crippen LogP contribution in [0.25, 0.3) is 0 Å². The highest BCUT2D eigenvalue weighted by Gasteiger charge is 2.11. The number of hydrogen-bond acceptors (Lipinski definition) is 4. The molecule has 0 bridgehead atoms. The van der Waals surface area contributed by atoms with Crippen molar-refractivity contribution in [2.24, 2.45) is 5.73 Å². The number of rotatable bonds is 8. The van der Waals surface area contributed by atoms with Crippen LogP contribution in [0, 0.1) is 0 Å². The molecule has 0 atom stereocenters. The number of thioether (sulfide) groups is 1. The maximum absolute atomic E-state index is 12.0. The second-order valence-electron chi connectivity index (χ2n) is 4.85. The van der Waals surface area contributed by atoms with E-state index in [4.69, 9.17) is 5.73 Å². The van der Waals surface area contributed by atoms with Crippen molar-refractivity contribution in [3.63, 3.8) is 0 Å². The molecule has 0 aliphatic rings. The fraction of sp³-hybridized carbons (Fsp3) is 0.188. The van der Waals surface area contributed by atoms with Crippen molar-refractivity contribution >= 4 is 27.7 Å². The molecule has 0 spiro atoms. The molecule has 2 rings (SSSR count). The summed E-state index contributed by atoms with van der Waals surface area (Å²) in [6.07, 6.45) is 0.224. The van der Waals surface area contributed by atoms with E-state index in [0.717, 1.165) is 10.5 Å². The summed E-state index contributed by atoms with van der Waals surface area (Å²) in [5.74, 6) is 0.252. The molecule has 5 nitrogen and oxygen atoms in total. The van der Waals surface area contributed by atoms with Gasteiger partial charge in [-0.1, -0.05) is 30.3 Å². The highest BCUT2D eigenvalue weighted by Crippen LogP contribution is 2.18. The summed E-state index contributed by atoms with van der Waals surface area (Å²) in [4.78, 5) is 12.1. The predicted octanol–water partition coefficient (Wildman–Crippen LogP) is 1.78. The van der Waals surface area contributed by atoms with Gasteiger partial charge in [-0.25, -0.2) is 13.1 Å². The Balaban J connectivity index is 1.80. The summed E-state index contributed by atoms with van der Waals surface area (Å²) in [7, 11) is -3.45. The Morgan fingerprint density at radius 1 is 1.04 bits per heavy atom. The molecule has 0 aliphatic carbocycles. The van der Waals surface area contributed by atoms with E-state index in [-0.39, 0.29) is 17.2 Å². The van der Waals surface area contributed by atoms with Gasteiger partial charge in [-0.05, 0) is 29.8 Å². The molecule has 7 heteroatoms. The van der Waals surface area contributed by atoms with Gasteiger partial charge in [0.2, 0.25) is 15.9 Å². The fourth-order valence-corrected chi connectivity index (χ4v) is 3.88. The number of primary amides is 1. The Bertz CT molecular complexity index is 745. The minimum atomic E-state index is -3.45.